The van der Waals surface area contributed by atoms with Crippen molar-refractivity contribution >= 4 is 21.9 Å². The second-order valence-electron chi connectivity index (χ2n) is 5.58. The number of amides is 1. The number of nitrogens with one attached hydrogen (secondary N) is 2. The number of hydrogen-bond acceptors (Lipinski definition) is 5. The van der Waals surface area contributed by atoms with Crippen LogP contribution < -0.4 is 10.0 Å². The molecule has 7 nitrogen and oxygen atoms in total. The summed E-state index contributed by atoms with van der Waals surface area (Å²) in [6, 6.07) is -0.864. The Kier molecular flexibility index (Phi) is 7.15. The molecule has 1 atom stereocenters. The van der Waals surface area contributed by atoms with Gasteiger partial charge in [-0.25, -0.2) is 13.1 Å². The van der Waals surface area contributed by atoms with Crippen molar-refractivity contribution in [3.63, 3.8) is 0 Å². The zero-order valence-electron chi connectivity index (χ0n) is 12.6. The molecule has 0 aromatic carbocycles. The summed E-state index contributed by atoms with van der Waals surface area (Å²) in [6.45, 7) is 6.90. The van der Waals surface area contributed by atoms with E-state index in [1.807, 2.05) is 20.8 Å². The van der Waals surface area contributed by atoms with Gasteiger partial charge >= 0.3 is 5.97 Å². The molecule has 0 spiro atoms. The van der Waals surface area contributed by atoms with E-state index in [1.54, 1.807) is 0 Å². The second-order valence-corrected chi connectivity index (χ2v) is 7.45. The SMILES string of the molecule is COC(=O)CCCS(=O)(=O)NC(C)C(=O)NC(C)(C)C. The Morgan fingerprint density at radius 1 is 1.25 bits per heavy atom. The molecule has 0 radical (unpaired) electrons. The molecule has 0 rings (SSSR count). The van der Waals surface area contributed by atoms with Gasteiger partial charge in [0.15, 0.2) is 0 Å². The molecule has 20 heavy (non-hydrogen) atoms. The fourth-order valence-corrected chi connectivity index (χ4v) is 2.66. The molecule has 0 aromatic rings. The van der Waals surface area contributed by atoms with Crippen LogP contribution in [0.4, 0.5) is 0 Å². The van der Waals surface area contributed by atoms with Gasteiger partial charge in [-0.1, -0.05) is 0 Å². The fraction of sp³-hybridized carbons (Fsp3) is 0.833. The number of esters is 1. The van der Waals surface area contributed by atoms with Gasteiger partial charge in [-0.15, -0.1) is 0 Å². The van der Waals surface area contributed by atoms with Crippen LogP contribution in [0.5, 0.6) is 0 Å². The summed E-state index contributed by atoms with van der Waals surface area (Å²) in [5.41, 5.74) is -0.429. The van der Waals surface area contributed by atoms with E-state index in [2.05, 4.69) is 14.8 Å². The Morgan fingerprint density at radius 2 is 1.80 bits per heavy atom. The fourth-order valence-electron chi connectivity index (χ4n) is 1.37. The quantitative estimate of drug-likeness (QED) is 0.652. The first kappa shape index (κ1) is 18.9. The van der Waals surface area contributed by atoms with Crippen LogP contribution in [0.25, 0.3) is 0 Å². The smallest absolute Gasteiger partial charge is 0.305 e. The predicted molar refractivity (Wildman–Crippen MR) is 75.5 cm³/mol. The number of sulfonamides is 1. The summed E-state index contributed by atoms with van der Waals surface area (Å²) in [5, 5.41) is 2.68. The largest absolute Gasteiger partial charge is 0.469 e. The monoisotopic (exact) mass is 308 g/mol. The van der Waals surface area contributed by atoms with E-state index in [-0.39, 0.29) is 18.6 Å². The normalized spacial score (nSPS) is 13.7. The van der Waals surface area contributed by atoms with Gasteiger partial charge in [0.25, 0.3) is 0 Å². The maximum absolute atomic E-state index is 11.8. The van der Waals surface area contributed by atoms with Crippen molar-refractivity contribution in [2.75, 3.05) is 12.9 Å². The van der Waals surface area contributed by atoms with E-state index in [4.69, 9.17) is 0 Å². The van der Waals surface area contributed by atoms with Gasteiger partial charge in [0, 0.05) is 12.0 Å². The Labute approximate surface area is 120 Å². The first-order chi connectivity index (χ1) is 8.97. The van der Waals surface area contributed by atoms with Crippen LogP contribution in [0, 0.1) is 0 Å². The molecule has 0 fully saturated rings. The minimum absolute atomic E-state index is 0.0278. The van der Waals surface area contributed by atoms with Crippen molar-refractivity contribution in [1.82, 2.24) is 10.0 Å². The first-order valence-electron chi connectivity index (χ1n) is 6.36. The Bertz CT molecular complexity index is 439. The van der Waals surface area contributed by atoms with Crippen LogP contribution in [0.1, 0.15) is 40.5 Å². The van der Waals surface area contributed by atoms with E-state index in [0.717, 1.165) is 0 Å². The van der Waals surface area contributed by atoms with Crippen LogP contribution in [0.2, 0.25) is 0 Å². The van der Waals surface area contributed by atoms with E-state index in [0.29, 0.717) is 0 Å². The van der Waals surface area contributed by atoms with Crippen LogP contribution in [0.15, 0.2) is 0 Å². The summed E-state index contributed by atoms with van der Waals surface area (Å²) in [6.07, 6.45) is 0.176. The van der Waals surface area contributed by atoms with E-state index < -0.39 is 33.5 Å². The molecule has 0 bridgehead atoms. The van der Waals surface area contributed by atoms with Crippen molar-refractivity contribution in [3.05, 3.63) is 0 Å². The minimum atomic E-state index is -3.60. The number of hydrogen-bond donors (Lipinski definition) is 2. The van der Waals surface area contributed by atoms with Gasteiger partial charge < -0.3 is 10.1 Å². The summed E-state index contributed by atoms with van der Waals surface area (Å²) >= 11 is 0. The Hall–Kier alpha value is -1.15. The van der Waals surface area contributed by atoms with E-state index in [1.165, 1.54) is 14.0 Å². The molecule has 118 valence electrons. The summed E-state index contributed by atoms with van der Waals surface area (Å²) in [4.78, 5) is 22.6. The molecular formula is C12H24N2O5S. The van der Waals surface area contributed by atoms with Crippen LogP contribution in [-0.2, 0) is 24.3 Å². The molecule has 0 aromatic heterocycles. The number of carbonyl (C=O) groups is 2. The van der Waals surface area contributed by atoms with Crippen molar-refractivity contribution in [2.45, 2.75) is 52.1 Å². The Morgan fingerprint density at radius 3 is 2.25 bits per heavy atom. The highest BCUT2D eigenvalue weighted by molar-refractivity contribution is 7.89. The number of rotatable bonds is 7. The van der Waals surface area contributed by atoms with Gasteiger partial charge in [-0.05, 0) is 34.1 Å². The zero-order valence-corrected chi connectivity index (χ0v) is 13.5. The zero-order chi connectivity index (χ0) is 16.0. The highest BCUT2D eigenvalue weighted by Crippen LogP contribution is 2.01. The summed E-state index contributed by atoms with van der Waals surface area (Å²) in [5.74, 6) is -1.08. The van der Waals surface area contributed by atoms with Gasteiger partial charge in [-0.2, -0.15) is 0 Å². The predicted octanol–water partition coefficient (Wildman–Crippen LogP) is 0.162. The molecule has 0 heterocycles. The standard InChI is InChI=1S/C12H24N2O5S/c1-9(11(16)13-12(2,3)4)14-20(17,18)8-6-7-10(15)19-5/h9,14H,6-8H2,1-5H3,(H,13,16). The molecule has 0 saturated heterocycles. The topological polar surface area (TPSA) is 102 Å². The maximum atomic E-state index is 11.8. The van der Waals surface area contributed by atoms with Crippen molar-refractivity contribution in [3.8, 4) is 0 Å². The van der Waals surface area contributed by atoms with E-state index in [9.17, 15) is 18.0 Å². The van der Waals surface area contributed by atoms with Crippen LogP contribution >= 0.6 is 0 Å². The molecule has 0 saturated carbocycles. The lowest BCUT2D eigenvalue weighted by Crippen LogP contribution is -2.51. The number of carbonyl (C=O) groups excluding carboxylic acids is 2. The van der Waals surface area contributed by atoms with Crippen molar-refractivity contribution in [2.24, 2.45) is 0 Å². The maximum Gasteiger partial charge on any atom is 0.305 e. The molecule has 1 amide bonds. The van der Waals surface area contributed by atoms with Gasteiger partial charge in [0.2, 0.25) is 15.9 Å². The van der Waals surface area contributed by atoms with Crippen LogP contribution in [-0.4, -0.2) is 44.7 Å². The third-order valence-electron chi connectivity index (χ3n) is 2.27. The van der Waals surface area contributed by atoms with E-state index >= 15 is 0 Å². The third-order valence-corrected chi connectivity index (χ3v) is 3.81. The highest BCUT2D eigenvalue weighted by Gasteiger charge is 2.23. The lowest BCUT2D eigenvalue weighted by molar-refractivity contribution is -0.140. The molecular weight excluding hydrogens is 284 g/mol. The molecule has 1 unspecified atom stereocenters. The molecule has 0 aliphatic carbocycles. The number of ether oxygens (including phenoxy) is 1. The minimum Gasteiger partial charge on any atom is -0.469 e. The highest BCUT2D eigenvalue weighted by atomic mass is 32.2. The Balaban J connectivity index is 4.32. The number of methoxy groups -OCH3 is 1. The lowest BCUT2D eigenvalue weighted by atomic mass is 10.1. The second kappa shape index (κ2) is 7.58. The van der Waals surface area contributed by atoms with Crippen LogP contribution in [0.3, 0.4) is 0 Å². The molecule has 0 aliphatic rings. The van der Waals surface area contributed by atoms with Gasteiger partial charge in [0.1, 0.15) is 0 Å². The summed E-state index contributed by atoms with van der Waals surface area (Å²) < 4.78 is 30.2. The third kappa shape index (κ3) is 8.87. The first-order valence-corrected chi connectivity index (χ1v) is 8.01. The van der Waals surface area contributed by atoms with Crippen molar-refractivity contribution < 1.29 is 22.7 Å². The molecule has 0 aliphatic heterocycles. The van der Waals surface area contributed by atoms with Gasteiger partial charge in [0.05, 0.1) is 18.9 Å². The van der Waals surface area contributed by atoms with Gasteiger partial charge in [-0.3, -0.25) is 9.59 Å². The average molecular weight is 308 g/mol. The molecule has 2 N–H and O–H groups in total. The summed E-state index contributed by atoms with van der Waals surface area (Å²) in [7, 11) is -2.36. The van der Waals surface area contributed by atoms with Crippen molar-refractivity contribution in [1.29, 1.82) is 0 Å². The molecule has 8 heteroatoms. The lowest BCUT2D eigenvalue weighted by Gasteiger charge is -2.23. The average Bonchev–Trinajstić information content (AvgIpc) is 2.25.